The van der Waals surface area contributed by atoms with E-state index < -0.39 is 6.36 Å². The van der Waals surface area contributed by atoms with E-state index in [-0.39, 0.29) is 11.9 Å². The summed E-state index contributed by atoms with van der Waals surface area (Å²) in [5.74, 6) is 0.494. The Balaban J connectivity index is 1.64. The van der Waals surface area contributed by atoms with Gasteiger partial charge in [-0.15, -0.1) is 13.2 Å². The van der Waals surface area contributed by atoms with E-state index in [4.69, 9.17) is 4.84 Å². The van der Waals surface area contributed by atoms with Crippen LogP contribution in [0.3, 0.4) is 0 Å². The maximum absolute atomic E-state index is 12.2. The molecule has 1 aliphatic rings. The van der Waals surface area contributed by atoms with E-state index in [1.807, 2.05) is 42.3 Å². The number of ether oxygens (including phenoxy) is 1. The van der Waals surface area contributed by atoms with E-state index in [9.17, 15) is 13.2 Å². The standard InChI is InChI=1S/C17H15F3N2O2/c1-22(13-5-3-2-4-6-13)16-11-15(24-21-16)12-7-9-14(10-8-12)23-17(18,19)20/h2-10,15H,11H2,1H3/t15-/m1/s1. The lowest BCUT2D eigenvalue weighted by Crippen LogP contribution is -2.24. The molecule has 3 rings (SSSR count). The van der Waals surface area contributed by atoms with Crippen molar-refractivity contribution in [2.24, 2.45) is 5.16 Å². The molecule has 0 radical (unpaired) electrons. The maximum atomic E-state index is 12.2. The molecule has 0 fully saturated rings. The van der Waals surface area contributed by atoms with Crippen LogP contribution in [0.5, 0.6) is 5.75 Å². The van der Waals surface area contributed by atoms with Crippen LogP contribution in [0, 0.1) is 0 Å². The number of halogens is 3. The summed E-state index contributed by atoms with van der Waals surface area (Å²) < 4.78 is 40.4. The molecule has 24 heavy (non-hydrogen) atoms. The summed E-state index contributed by atoms with van der Waals surface area (Å²) >= 11 is 0. The average Bonchev–Trinajstić information content (AvgIpc) is 3.04. The molecule has 0 aliphatic carbocycles. The van der Waals surface area contributed by atoms with Gasteiger partial charge in [-0.1, -0.05) is 35.5 Å². The zero-order valence-corrected chi connectivity index (χ0v) is 12.8. The van der Waals surface area contributed by atoms with Crippen molar-refractivity contribution in [2.75, 3.05) is 11.9 Å². The molecule has 1 aliphatic heterocycles. The predicted octanol–water partition coefficient (Wildman–Crippen LogP) is 4.50. The zero-order valence-electron chi connectivity index (χ0n) is 12.8. The molecular formula is C17H15F3N2O2. The van der Waals surface area contributed by atoms with Gasteiger partial charge < -0.3 is 14.5 Å². The Morgan fingerprint density at radius 2 is 1.75 bits per heavy atom. The van der Waals surface area contributed by atoms with Gasteiger partial charge in [-0.2, -0.15) is 0 Å². The van der Waals surface area contributed by atoms with Crippen molar-refractivity contribution >= 4 is 11.5 Å². The number of para-hydroxylation sites is 1. The van der Waals surface area contributed by atoms with E-state index in [2.05, 4.69) is 9.89 Å². The second-order valence-electron chi connectivity index (χ2n) is 5.32. The maximum Gasteiger partial charge on any atom is 0.573 e. The Morgan fingerprint density at radius 3 is 2.38 bits per heavy atom. The number of oxime groups is 1. The first kappa shape index (κ1) is 16.2. The number of rotatable bonds is 3. The number of anilines is 1. The monoisotopic (exact) mass is 336 g/mol. The van der Waals surface area contributed by atoms with Gasteiger partial charge in [0, 0.05) is 12.7 Å². The van der Waals surface area contributed by atoms with E-state index in [1.54, 1.807) is 12.1 Å². The topological polar surface area (TPSA) is 34.1 Å². The van der Waals surface area contributed by atoms with Crippen molar-refractivity contribution in [1.29, 1.82) is 0 Å². The van der Waals surface area contributed by atoms with Crippen LogP contribution in [-0.4, -0.2) is 19.2 Å². The Hall–Kier alpha value is -2.70. The lowest BCUT2D eigenvalue weighted by molar-refractivity contribution is -0.274. The van der Waals surface area contributed by atoms with Crippen molar-refractivity contribution < 1.29 is 22.7 Å². The first-order chi connectivity index (χ1) is 11.4. The average molecular weight is 336 g/mol. The molecule has 0 saturated heterocycles. The lowest BCUT2D eigenvalue weighted by atomic mass is 10.1. The molecule has 0 unspecified atom stereocenters. The van der Waals surface area contributed by atoms with Gasteiger partial charge in [0.1, 0.15) is 5.75 Å². The number of alkyl halides is 3. The molecule has 126 valence electrons. The van der Waals surface area contributed by atoms with E-state index >= 15 is 0 Å². The summed E-state index contributed by atoms with van der Waals surface area (Å²) in [5.41, 5.74) is 1.72. The highest BCUT2D eigenvalue weighted by Gasteiger charge is 2.31. The molecule has 0 N–H and O–H groups in total. The Bertz CT molecular complexity index is 715. The van der Waals surface area contributed by atoms with Crippen LogP contribution in [-0.2, 0) is 4.84 Å². The molecule has 2 aromatic rings. The summed E-state index contributed by atoms with van der Waals surface area (Å²) in [6.45, 7) is 0. The quantitative estimate of drug-likeness (QED) is 0.828. The summed E-state index contributed by atoms with van der Waals surface area (Å²) in [4.78, 5) is 7.34. The predicted molar refractivity (Wildman–Crippen MR) is 83.8 cm³/mol. The Labute approximate surface area is 137 Å². The van der Waals surface area contributed by atoms with E-state index in [0.717, 1.165) is 17.1 Å². The molecule has 4 nitrogen and oxygen atoms in total. The summed E-state index contributed by atoms with van der Waals surface area (Å²) in [6.07, 6.45) is -4.49. The highest BCUT2D eigenvalue weighted by molar-refractivity contribution is 5.98. The van der Waals surface area contributed by atoms with Gasteiger partial charge in [0.15, 0.2) is 11.9 Å². The van der Waals surface area contributed by atoms with Crippen LogP contribution in [0.15, 0.2) is 59.8 Å². The normalized spacial score (nSPS) is 17.2. The van der Waals surface area contributed by atoms with Crippen LogP contribution in [0.1, 0.15) is 18.1 Å². The van der Waals surface area contributed by atoms with E-state index in [1.165, 1.54) is 12.1 Å². The second kappa shape index (κ2) is 6.43. The number of amidine groups is 1. The lowest BCUT2D eigenvalue weighted by Gasteiger charge is -2.17. The van der Waals surface area contributed by atoms with Crippen molar-refractivity contribution in [2.45, 2.75) is 18.9 Å². The minimum absolute atomic E-state index is 0.258. The first-order valence-corrected chi connectivity index (χ1v) is 7.29. The third kappa shape index (κ3) is 3.79. The second-order valence-corrected chi connectivity index (χ2v) is 5.32. The van der Waals surface area contributed by atoms with Crippen molar-refractivity contribution in [1.82, 2.24) is 0 Å². The van der Waals surface area contributed by atoms with Gasteiger partial charge in [-0.25, -0.2) is 0 Å². The van der Waals surface area contributed by atoms with Gasteiger partial charge in [-0.05, 0) is 29.8 Å². The fraction of sp³-hybridized carbons (Fsp3) is 0.235. The molecule has 7 heteroatoms. The van der Waals surface area contributed by atoms with Gasteiger partial charge >= 0.3 is 6.36 Å². The first-order valence-electron chi connectivity index (χ1n) is 7.29. The fourth-order valence-electron chi connectivity index (χ4n) is 2.43. The van der Waals surface area contributed by atoms with Crippen LogP contribution >= 0.6 is 0 Å². The van der Waals surface area contributed by atoms with Gasteiger partial charge in [-0.3, -0.25) is 0 Å². The Morgan fingerprint density at radius 1 is 1.08 bits per heavy atom. The molecule has 2 aromatic carbocycles. The fourth-order valence-corrected chi connectivity index (χ4v) is 2.43. The van der Waals surface area contributed by atoms with Gasteiger partial charge in [0.2, 0.25) is 0 Å². The van der Waals surface area contributed by atoms with Gasteiger partial charge in [0.05, 0.1) is 6.42 Å². The summed E-state index contributed by atoms with van der Waals surface area (Å²) in [7, 11) is 1.89. The van der Waals surface area contributed by atoms with Crippen LogP contribution in [0.4, 0.5) is 18.9 Å². The third-order valence-corrected chi connectivity index (χ3v) is 3.67. The highest BCUT2D eigenvalue weighted by atomic mass is 19.4. The molecular weight excluding hydrogens is 321 g/mol. The number of hydrogen-bond acceptors (Lipinski definition) is 4. The zero-order chi connectivity index (χ0) is 17.2. The Kier molecular flexibility index (Phi) is 4.33. The van der Waals surface area contributed by atoms with Crippen molar-refractivity contribution in [3.05, 3.63) is 60.2 Å². The third-order valence-electron chi connectivity index (χ3n) is 3.67. The largest absolute Gasteiger partial charge is 0.573 e. The van der Waals surface area contributed by atoms with E-state index in [0.29, 0.717) is 6.42 Å². The van der Waals surface area contributed by atoms with Crippen LogP contribution in [0.25, 0.3) is 0 Å². The molecule has 0 spiro atoms. The molecule has 0 saturated carbocycles. The van der Waals surface area contributed by atoms with Crippen molar-refractivity contribution in [3.63, 3.8) is 0 Å². The molecule has 0 bridgehead atoms. The number of nitrogens with zero attached hydrogens (tertiary/aromatic N) is 2. The highest BCUT2D eigenvalue weighted by Crippen LogP contribution is 2.31. The molecule has 0 amide bonds. The minimum atomic E-state index is -4.69. The van der Waals surface area contributed by atoms with Crippen LogP contribution in [0.2, 0.25) is 0 Å². The van der Waals surface area contributed by atoms with Crippen molar-refractivity contribution in [3.8, 4) is 5.75 Å². The number of hydrogen-bond donors (Lipinski definition) is 0. The molecule has 1 atom stereocenters. The number of benzene rings is 2. The SMILES string of the molecule is CN(C1=NO[C@@H](c2ccc(OC(F)(F)F)cc2)C1)c1ccccc1. The summed E-state index contributed by atoms with van der Waals surface area (Å²) in [6, 6.07) is 15.3. The minimum Gasteiger partial charge on any atom is -0.406 e. The van der Waals surface area contributed by atoms with Gasteiger partial charge in [0.25, 0.3) is 0 Å². The van der Waals surface area contributed by atoms with Crippen LogP contribution < -0.4 is 9.64 Å². The smallest absolute Gasteiger partial charge is 0.406 e. The molecule has 1 heterocycles. The summed E-state index contributed by atoms with van der Waals surface area (Å²) in [5, 5.41) is 4.08. The molecule has 0 aromatic heterocycles.